The molecule has 0 aliphatic rings. The molecule has 1 atom stereocenters. The molecule has 0 saturated heterocycles. The summed E-state index contributed by atoms with van der Waals surface area (Å²) in [5.74, 6) is 0. The molecule has 0 bridgehead atoms. The minimum Gasteiger partial charge on any atom is -0.305 e. The summed E-state index contributed by atoms with van der Waals surface area (Å²) in [4.78, 5) is 4.62. The molecule has 2 aromatic heterocycles. The Morgan fingerprint density at radius 2 is 2.17 bits per heavy atom. The molecule has 1 N–H and O–H groups in total. The van der Waals surface area contributed by atoms with E-state index in [1.54, 1.807) is 11.3 Å². The van der Waals surface area contributed by atoms with Crippen molar-refractivity contribution in [3.63, 3.8) is 0 Å². The maximum atomic E-state index is 4.62. The van der Waals surface area contributed by atoms with E-state index < -0.39 is 0 Å². The van der Waals surface area contributed by atoms with Gasteiger partial charge in [-0.2, -0.15) is 11.3 Å². The van der Waals surface area contributed by atoms with Gasteiger partial charge in [-0.05, 0) is 52.8 Å². The minimum atomic E-state index is 0.163. The average Bonchev–Trinajstić information content (AvgIpc) is 2.73. The molecular formula is C14H17BrN2S. The maximum absolute atomic E-state index is 4.62. The van der Waals surface area contributed by atoms with E-state index in [9.17, 15) is 0 Å². The van der Waals surface area contributed by atoms with Crippen molar-refractivity contribution in [1.82, 2.24) is 10.3 Å². The van der Waals surface area contributed by atoms with E-state index in [-0.39, 0.29) is 6.04 Å². The van der Waals surface area contributed by atoms with Crippen molar-refractivity contribution in [3.05, 3.63) is 49.9 Å². The standard InChI is InChI=1S/C14H17BrN2S/c1-4-16-14(11-7-18-8-12(11)15)13-10(3)5-9(2)6-17-13/h5-8,14,16H,4H2,1-3H3. The number of halogens is 1. The fourth-order valence-electron chi connectivity index (χ4n) is 2.08. The first-order valence-electron chi connectivity index (χ1n) is 6.01. The first-order chi connectivity index (χ1) is 8.63. The monoisotopic (exact) mass is 324 g/mol. The van der Waals surface area contributed by atoms with Gasteiger partial charge in [-0.1, -0.05) is 13.0 Å². The Morgan fingerprint density at radius 3 is 2.72 bits per heavy atom. The number of hydrogen-bond acceptors (Lipinski definition) is 3. The number of nitrogens with zero attached hydrogens (tertiary/aromatic N) is 1. The lowest BCUT2D eigenvalue weighted by Gasteiger charge is -2.19. The van der Waals surface area contributed by atoms with Crippen LogP contribution in [0.4, 0.5) is 0 Å². The van der Waals surface area contributed by atoms with E-state index in [2.05, 4.69) is 63.8 Å². The summed E-state index contributed by atoms with van der Waals surface area (Å²) < 4.78 is 1.15. The van der Waals surface area contributed by atoms with Crippen molar-refractivity contribution in [2.45, 2.75) is 26.8 Å². The highest BCUT2D eigenvalue weighted by atomic mass is 79.9. The molecule has 0 amide bonds. The molecule has 96 valence electrons. The third kappa shape index (κ3) is 2.82. The lowest BCUT2D eigenvalue weighted by Crippen LogP contribution is -2.23. The number of aromatic nitrogens is 1. The van der Waals surface area contributed by atoms with Crippen molar-refractivity contribution in [3.8, 4) is 0 Å². The van der Waals surface area contributed by atoms with E-state index in [0.29, 0.717) is 0 Å². The Balaban J connectivity index is 2.45. The summed E-state index contributed by atoms with van der Waals surface area (Å²) in [7, 11) is 0. The van der Waals surface area contributed by atoms with Crippen molar-refractivity contribution in [1.29, 1.82) is 0 Å². The highest BCUT2D eigenvalue weighted by Crippen LogP contribution is 2.32. The van der Waals surface area contributed by atoms with Crippen LogP contribution in [0.25, 0.3) is 0 Å². The van der Waals surface area contributed by atoms with Gasteiger partial charge in [-0.25, -0.2) is 0 Å². The summed E-state index contributed by atoms with van der Waals surface area (Å²) >= 11 is 5.33. The van der Waals surface area contributed by atoms with E-state index in [1.807, 2.05) is 6.20 Å². The second-order valence-corrected chi connectivity index (χ2v) is 5.98. The van der Waals surface area contributed by atoms with E-state index in [0.717, 1.165) is 16.7 Å². The normalized spacial score (nSPS) is 12.7. The smallest absolute Gasteiger partial charge is 0.0773 e. The predicted octanol–water partition coefficient (Wildman–Crippen LogP) is 4.22. The van der Waals surface area contributed by atoms with Crippen LogP contribution in [0, 0.1) is 13.8 Å². The van der Waals surface area contributed by atoms with Crippen molar-refractivity contribution in [2.75, 3.05) is 6.54 Å². The second-order valence-electron chi connectivity index (χ2n) is 4.38. The molecule has 0 saturated carbocycles. The number of pyridine rings is 1. The van der Waals surface area contributed by atoms with Gasteiger partial charge in [0, 0.05) is 21.6 Å². The van der Waals surface area contributed by atoms with Crippen LogP contribution in [-0.2, 0) is 0 Å². The van der Waals surface area contributed by atoms with Gasteiger partial charge < -0.3 is 5.32 Å². The minimum absolute atomic E-state index is 0.163. The van der Waals surface area contributed by atoms with Crippen molar-refractivity contribution < 1.29 is 0 Å². The Bertz CT molecular complexity index is 536. The summed E-state index contributed by atoms with van der Waals surface area (Å²) in [5, 5.41) is 7.81. The highest BCUT2D eigenvalue weighted by Gasteiger charge is 2.19. The van der Waals surface area contributed by atoms with Crippen LogP contribution < -0.4 is 5.32 Å². The zero-order valence-electron chi connectivity index (χ0n) is 10.8. The van der Waals surface area contributed by atoms with Gasteiger partial charge in [0.15, 0.2) is 0 Å². The number of nitrogens with one attached hydrogen (secondary N) is 1. The lowest BCUT2D eigenvalue weighted by molar-refractivity contribution is 0.611. The zero-order valence-corrected chi connectivity index (χ0v) is 13.2. The maximum Gasteiger partial charge on any atom is 0.0773 e. The van der Waals surface area contributed by atoms with Crippen LogP contribution in [0.2, 0.25) is 0 Å². The van der Waals surface area contributed by atoms with Crippen LogP contribution in [0.5, 0.6) is 0 Å². The molecular weight excluding hydrogens is 308 g/mol. The Kier molecular flexibility index (Phi) is 4.54. The van der Waals surface area contributed by atoms with Crippen LogP contribution in [0.15, 0.2) is 27.5 Å². The van der Waals surface area contributed by atoms with E-state index >= 15 is 0 Å². The molecule has 0 fully saturated rings. The second kappa shape index (κ2) is 5.95. The molecule has 0 radical (unpaired) electrons. The summed E-state index contributed by atoms with van der Waals surface area (Å²) in [6.07, 6.45) is 1.94. The molecule has 1 unspecified atom stereocenters. The summed E-state index contributed by atoms with van der Waals surface area (Å²) in [6.45, 7) is 7.24. The summed E-state index contributed by atoms with van der Waals surface area (Å²) in [6, 6.07) is 2.35. The molecule has 2 nitrogen and oxygen atoms in total. The quantitative estimate of drug-likeness (QED) is 0.910. The number of thiophene rings is 1. The third-order valence-corrected chi connectivity index (χ3v) is 4.64. The van der Waals surface area contributed by atoms with Gasteiger partial charge in [0.1, 0.15) is 0 Å². The molecule has 18 heavy (non-hydrogen) atoms. The van der Waals surface area contributed by atoms with Crippen LogP contribution in [-0.4, -0.2) is 11.5 Å². The van der Waals surface area contributed by atoms with Gasteiger partial charge in [0.05, 0.1) is 11.7 Å². The fraction of sp³-hybridized carbons (Fsp3) is 0.357. The van der Waals surface area contributed by atoms with Gasteiger partial charge in [-0.3, -0.25) is 4.98 Å². The average molecular weight is 325 g/mol. The largest absolute Gasteiger partial charge is 0.305 e. The predicted molar refractivity (Wildman–Crippen MR) is 81.2 cm³/mol. The Labute approximate surface area is 121 Å². The van der Waals surface area contributed by atoms with Gasteiger partial charge in [0.25, 0.3) is 0 Å². The zero-order chi connectivity index (χ0) is 13.1. The van der Waals surface area contributed by atoms with Crippen molar-refractivity contribution >= 4 is 27.3 Å². The van der Waals surface area contributed by atoms with Crippen LogP contribution >= 0.6 is 27.3 Å². The highest BCUT2D eigenvalue weighted by molar-refractivity contribution is 9.10. The van der Waals surface area contributed by atoms with Crippen molar-refractivity contribution in [2.24, 2.45) is 0 Å². The van der Waals surface area contributed by atoms with Gasteiger partial charge >= 0.3 is 0 Å². The number of hydrogen-bond donors (Lipinski definition) is 1. The van der Waals surface area contributed by atoms with E-state index in [4.69, 9.17) is 0 Å². The molecule has 2 heterocycles. The van der Waals surface area contributed by atoms with Crippen LogP contribution in [0.3, 0.4) is 0 Å². The fourth-order valence-corrected chi connectivity index (χ4v) is 3.64. The Hall–Kier alpha value is -0.710. The molecule has 0 aliphatic carbocycles. The molecule has 4 heteroatoms. The molecule has 0 spiro atoms. The number of rotatable bonds is 4. The Morgan fingerprint density at radius 1 is 1.39 bits per heavy atom. The molecule has 2 rings (SSSR count). The topological polar surface area (TPSA) is 24.9 Å². The van der Waals surface area contributed by atoms with E-state index in [1.165, 1.54) is 16.7 Å². The first-order valence-corrected chi connectivity index (χ1v) is 7.75. The summed E-state index contributed by atoms with van der Waals surface area (Å²) in [5.41, 5.74) is 4.82. The first kappa shape index (κ1) is 13.7. The van der Waals surface area contributed by atoms with Crippen LogP contribution in [0.1, 0.15) is 35.3 Å². The van der Waals surface area contributed by atoms with Gasteiger partial charge in [-0.15, -0.1) is 0 Å². The molecule has 2 aromatic rings. The van der Waals surface area contributed by atoms with Gasteiger partial charge in [0.2, 0.25) is 0 Å². The molecule has 0 aromatic carbocycles. The third-order valence-electron chi connectivity index (χ3n) is 2.89. The lowest BCUT2D eigenvalue weighted by atomic mass is 10.0. The number of aryl methyl sites for hydroxylation is 2. The molecule has 0 aliphatic heterocycles. The SMILES string of the molecule is CCNC(c1cscc1Br)c1ncc(C)cc1C.